The summed E-state index contributed by atoms with van der Waals surface area (Å²) in [5.74, 6) is 0.0806. The molecule has 4 rings (SSSR count). The van der Waals surface area contributed by atoms with Gasteiger partial charge in [0.1, 0.15) is 21.4 Å². The van der Waals surface area contributed by atoms with Crippen molar-refractivity contribution in [3.63, 3.8) is 0 Å². The first kappa shape index (κ1) is 17.5. The fourth-order valence-corrected chi connectivity index (χ4v) is 5.95. The van der Waals surface area contributed by atoms with Gasteiger partial charge in [-0.2, -0.15) is 0 Å². The number of benzene rings is 1. The zero-order chi connectivity index (χ0) is 18.1. The fraction of sp³-hybridized carbons (Fsp3) is 0.350. The summed E-state index contributed by atoms with van der Waals surface area (Å²) in [4.78, 5) is 26.1. The maximum absolute atomic E-state index is 12.9. The van der Waals surface area contributed by atoms with Crippen LogP contribution in [-0.4, -0.2) is 34.9 Å². The molecule has 6 heteroatoms. The zero-order valence-electron chi connectivity index (χ0n) is 14.9. The van der Waals surface area contributed by atoms with E-state index in [1.165, 1.54) is 28.7 Å². The molecular formula is C20H21N3OS2. The average Bonchev–Trinajstić information content (AvgIpc) is 3.05. The third-order valence-electron chi connectivity index (χ3n) is 4.71. The van der Waals surface area contributed by atoms with Crippen molar-refractivity contribution in [3.05, 3.63) is 52.7 Å². The van der Waals surface area contributed by atoms with Gasteiger partial charge in [-0.1, -0.05) is 42.1 Å². The molecule has 3 aromatic rings. The Labute approximate surface area is 161 Å². The molecule has 0 saturated heterocycles. The lowest BCUT2D eigenvalue weighted by molar-refractivity contribution is -0.128. The lowest BCUT2D eigenvalue weighted by Gasteiger charge is -2.21. The molecule has 0 saturated carbocycles. The number of rotatable bonds is 4. The van der Waals surface area contributed by atoms with Crippen molar-refractivity contribution in [3.8, 4) is 0 Å². The van der Waals surface area contributed by atoms with E-state index in [1.54, 1.807) is 48.4 Å². The Morgan fingerprint density at radius 1 is 1.15 bits per heavy atom. The maximum Gasteiger partial charge on any atom is 0.240 e. The van der Waals surface area contributed by atoms with Gasteiger partial charge >= 0.3 is 0 Å². The summed E-state index contributed by atoms with van der Waals surface area (Å²) in [5.41, 5.74) is 2.41. The second-order valence-electron chi connectivity index (χ2n) is 6.71. The second kappa shape index (κ2) is 7.37. The van der Waals surface area contributed by atoms with E-state index in [1.807, 2.05) is 30.3 Å². The number of likely N-dealkylation sites (N-methyl/N-ethyl adjacent to an activating group) is 1. The van der Waals surface area contributed by atoms with Crippen molar-refractivity contribution in [1.29, 1.82) is 0 Å². The van der Waals surface area contributed by atoms with Crippen molar-refractivity contribution >= 4 is 39.2 Å². The number of fused-ring (bicyclic) bond motifs is 3. The minimum absolute atomic E-state index is 0.0806. The molecule has 0 unspecified atom stereocenters. The molecule has 0 bridgehead atoms. The van der Waals surface area contributed by atoms with Gasteiger partial charge in [-0.25, -0.2) is 9.97 Å². The summed E-state index contributed by atoms with van der Waals surface area (Å²) in [5, 5.41) is 1.80. The zero-order valence-corrected chi connectivity index (χ0v) is 16.6. The number of amides is 1. The molecule has 2 aromatic heterocycles. The van der Waals surface area contributed by atoms with Crippen LogP contribution in [0.15, 0.2) is 41.7 Å². The number of hydrogen-bond donors (Lipinski definition) is 0. The van der Waals surface area contributed by atoms with Crippen LogP contribution in [0.5, 0.6) is 0 Å². The molecule has 1 aromatic carbocycles. The van der Waals surface area contributed by atoms with Crippen LogP contribution < -0.4 is 0 Å². The monoisotopic (exact) mass is 383 g/mol. The standard InChI is InChI=1S/C20H21N3OS2/c1-23(2)20(24)17(13-8-4-3-5-9-13)26-19-16-14-10-6-7-11-15(14)25-18(16)21-12-22-19/h3-5,8-9,12,17H,6-7,10-11H2,1-2H3/t17-/m0/s1. The Hall–Kier alpha value is -1.92. The number of carbonyl (C=O) groups is 1. The van der Waals surface area contributed by atoms with E-state index in [2.05, 4.69) is 9.97 Å². The van der Waals surface area contributed by atoms with Crippen LogP contribution in [0.3, 0.4) is 0 Å². The van der Waals surface area contributed by atoms with Crippen LogP contribution in [0.4, 0.5) is 0 Å². The number of thioether (sulfide) groups is 1. The fourth-order valence-electron chi connectivity index (χ4n) is 3.39. The van der Waals surface area contributed by atoms with Crippen LogP contribution in [0.2, 0.25) is 0 Å². The molecular weight excluding hydrogens is 362 g/mol. The smallest absolute Gasteiger partial charge is 0.240 e. The van der Waals surface area contributed by atoms with Gasteiger partial charge in [-0.15, -0.1) is 11.3 Å². The van der Waals surface area contributed by atoms with Gasteiger partial charge in [0.2, 0.25) is 5.91 Å². The van der Waals surface area contributed by atoms with Gasteiger partial charge in [0.25, 0.3) is 0 Å². The van der Waals surface area contributed by atoms with Gasteiger partial charge in [0.05, 0.1) is 0 Å². The molecule has 26 heavy (non-hydrogen) atoms. The number of nitrogens with zero attached hydrogens (tertiary/aromatic N) is 3. The van der Waals surface area contributed by atoms with Gasteiger partial charge in [0.15, 0.2) is 0 Å². The summed E-state index contributed by atoms with van der Waals surface area (Å²) >= 11 is 3.34. The van der Waals surface area contributed by atoms with Gasteiger partial charge in [-0.05, 0) is 36.8 Å². The maximum atomic E-state index is 12.9. The first-order valence-electron chi connectivity index (χ1n) is 8.83. The second-order valence-corrected chi connectivity index (χ2v) is 8.89. The molecule has 0 aliphatic heterocycles. The highest BCUT2D eigenvalue weighted by molar-refractivity contribution is 8.00. The molecule has 0 N–H and O–H groups in total. The quantitative estimate of drug-likeness (QED) is 0.492. The summed E-state index contributed by atoms with van der Waals surface area (Å²) < 4.78 is 0. The van der Waals surface area contributed by atoms with Crippen molar-refractivity contribution in [2.24, 2.45) is 0 Å². The lowest BCUT2D eigenvalue weighted by atomic mass is 9.97. The van der Waals surface area contributed by atoms with Gasteiger partial charge in [0, 0.05) is 24.4 Å². The molecule has 1 aliphatic carbocycles. The van der Waals surface area contributed by atoms with Crippen molar-refractivity contribution < 1.29 is 4.79 Å². The molecule has 0 spiro atoms. The van der Waals surface area contributed by atoms with E-state index in [9.17, 15) is 4.79 Å². The predicted molar refractivity (Wildman–Crippen MR) is 108 cm³/mol. The SMILES string of the molecule is CN(C)C(=O)[C@@H](Sc1ncnc2sc3c(c12)CCCC3)c1ccccc1. The highest BCUT2D eigenvalue weighted by atomic mass is 32.2. The third-order valence-corrected chi connectivity index (χ3v) is 7.16. The van der Waals surface area contributed by atoms with Crippen LogP contribution in [0.25, 0.3) is 10.2 Å². The van der Waals surface area contributed by atoms with E-state index in [0.717, 1.165) is 28.3 Å². The topological polar surface area (TPSA) is 46.1 Å². The van der Waals surface area contributed by atoms with Crippen molar-refractivity contribution in [2.75, 3.05) is 14.1 Å². The average molecular weight is 384 g/mol. The van der Waals surface area contributed by atoms with E-state index in [-0.39, 0.29) is 11.2 Å². The Bertz CT molecular complexity index is 937. The molecule has 1 amide bonds. The van der Waals surface area contributed by atoms with E-state index < -0.39 is 0 Å². The van der Waals surface area contributed by atoms with Gasteiger partial charge < -0.3 is 4.90 Å². The number of aromatic nitrogens is 2. The number of carbonyl (C=O) groups excluding carboxylic acids is 1. The largest absolute Gasteiger partial charge is 0.348 e. The van der Waals surface area contributed by atoms with Crippen LogP contribution in [0.1, 0.15) is 34.1 Å². The molecule has 134 valence electrons. The minimum atomic E-state index is -0.302. The Morgan fingerprint density at radius 3 is 2.69 bits per heavy atom. The summed E-state index contributed by atoms with van der Waals surface area (Å²) in [6.07, 6.45) is 6.33. The number of aryl methyl sites for hydroxylation is 2. The summed E-state index contributed by atoms with van der Waals surface area (Å²) in [6, 6.07) is 9.96. The predicted octanol–water partition coefficient (Wildman–Crippen LogP) is 4.49. The molecule has 2 heterocycles. The summed E-state index contributed by atoms with van der Waals surface area (Å²) in [6.45, 7) is 0. The third kappa shape index (κ3) is 3.23. The number of thiophene rings is 1. The molecule has 1 atom stereocenters. The van der Waals surface area contributed by atoms with E-state index in [4.69, 9.17) is 0 Å². The highest BCUT2D eigenvalue weighted by Crippen LogP contribution is 2.43. The van der Waals surface area contributed by atoms with Crippen molar-refractivity contribution in [1.82, 2.24) is 14.9 Å². The Kier molecular flexibility index (Phi) is 4.96. The van der Waals surface area contributed by atoms with Crippen LogP contribution >= 0.6 is 23.1 Å². The molecule has 1 aliphatic rings. The summed E-state index contributed by atoms with van der Waals surface area (Å²) in [7, 11) is 3.61. The molecule has 0 fully saturated rings. The first-order chi connectivity index (χ1) is 12.6. The molecule has 4 nitrogen and oxygen atoms in total. The van der Waals surface area contributed by atoms with Crippen molar-refractivity contribution in [2.45, 2.75) is 36.0 Å². The first-order valence-corrected chi connectivity index (χ1v) is 10.5. The lowest BCUT2D eigenvalue weighted by Crippen LogP contribution is -2.26. The Balaban J connectivity index is 1.78. The highest BCUT2D eigenvalue weighted by Gasteiger charge is 2.27. The Morgan fingerprint density at radius 2 is 1.92 bits per heavy atom. The number of hydrogen-bond acceptors (Lipinski definition) is 5. The van der Waals surface area contributed by atoms with Crippen LogP contribution in [0, 0.1) is 0 Å². The minimum Gasteiger partial charge on any atom is -0.348 e. The van der Waals surface area contributed by atoms with E-state index in [0.29, 0.717) is 0 Å². The van der Waals surface area contributed by atoms with Crippen LogP contribution in [-0.2, 0) is 17.6 Å². The molecule has 0 radical (unpaired) electrons. The normalized spacial score (nSPS) is 14.8. The van der Waals surface area contributed by atoms with E-state index >= 15 is 0 Å². The van der Waals surface area contributed by atoms with Gasteiger partial charge in [-0.3, -0.25) is 4.79 Å².